The second-order valence-corrected chi connectivity index (χ2v) is 7.03. The van der Waals surface area contributed by atoms with Crippen molar-refractivity contribution in [2.24, 2.45) is 11.3 Å². The van der Waals surface area contributed by atoms with Crippen LogP contribution in [0.25, 0.3) is 0 Å². The molecule has 0 aliphatic carbocycles. The Labute approximate surface area is 146 Å². The summed E-state index contributed by atoms with van der Waals surface area (Å²) in [5.41, 5.74) is -0.0896. The van der Waals surface area contributed by atoms with Crippen molar-refractivity contribution < 1.29 is 24.2 Å². The molecular formula is C18H22N2O5. The minimum absolute atomic E-state index is 0.0177. The molecule has 3 heterocycles. The van der Waals surface area contributed by atoms with Gasteiger partial charge in [-0.2, -0.15) is 0 Å². The first-order valence-electron chi connectivity index (χ1n) is 8.66. The predicted molar refractivity (Wildman–Crippen MR) is 89.7 cm³/mol. The quantitative estimate of drug-likeness (QED) is 0.874. The molecule has 2 atom stereocenters. The van der Waals surface area contributed by atoms with Gasteiger partial charge >= 0.3 is 5.97 Å². The average Bonchev–Trinajstić information content (AvgIpc) is 3.00. The number of ether oxygens (including phenoxy) is 2. The maximum Gasteiger partial charge on any atom is 0.313 e. The summed E-state index contributed by atoms with van der Waals surface area (Å²) in [7, 11) is 0. The number of hydrogen-bond donors (Lipinski definition) is 1. The lowest BCUT2D eigenvalue weighted by Gasteiger charge is -2.34. The van der Waals surface area contributed by atoms with E-state index in [1.165, 1.54) is 0 Å². The summed E-state index contributed by atoms with van der Waals surface area (Å²) in [4.78, 5) is 28.4. The first-order chi connectivity index (χ1) is 12.1. The van der Waals surface area contributed by atoms with Crippen molar-refractivity contribution in [2.75, 3.05) is 50.9 Å². The minimum Gasteiger partial charge on any atom is -0.490 e. The molecule has 0 bridgehead atoms. The van der Waals surface area contributed by atoms with Crippen LogP contribution in [-0.4, -0.2) is 67.9 Å². The number of benzene rings is 1. The zero-order valence-corrected chi connectivity index (χ0v) is 14.0. The number of carbonyl (C=O) groups is 2. The fraction of sp³-hybridized carbons (Fsp3) is 0.556. The summed E-state index contributed by atoms with van der Waals surface area (Å²) in [5.74, 6) is -0.0733. The Bertz CT molecular complexity index is 694. The van der Waals surface area contributed by atoms with Crippen molar-refractivity contribution in [1.29, 1.82) is 0 Å². The third-order valence-corrected chi connectivity index (χ3v) is 5.55. The maximum absolute atomic E-state index is 12.8. The molecule has 7 heteroatoms. The van der Waals surface area contributed by atoms with Crippen LogP contribution in [0.1, 0.15) is 6.42 Å². The molecule has 4 rings (SSSR count). The van der Waals surface area contributed by atoms with E-state index < -0.39 is 11.4 Å². The Morgan fingerprint density at radius 3 is 2.92 bits per heavy atom. The Morgan fingerprint density at radius 1 is 1.28 bits per heavy atom. The first-order valence-corrected chi connectivity index (χ1v) is 8.66. The molecule has 0 spiro atoms. The average molecular weight is 346 g/mol. The van der Waals surface area contributed by atoms with Crippen molar-refractivity contribution in [3.63, 3.8) is 0 Å². The van der Waals surface area contributed by atoms with Gasteiger partial charge in [0.25, 0.3) is 0 Å². The van der Waals surface area contributed by atoms with Crippen LogP contribution in [0.2, 0.25) is 0 Å². The highest BCUT2D eigenvalue weighted by Crippen LogP contribution is 2.41. The van der Waals surface area contributed by atoms with Gasteiger partial charge in [0, 0.05) is 19.7 Å². The number of anilines is 1. The Hall–Kier alpha value is -2.12. The molecule has 25 heavy (non-hydrogen) atoms. The fourth-order valence-corrected chi connectivity index (χ4v) is 4.22. The number of hydrogen-bond acceptors (Lipinski definition) is 5. The molecule has 1 amide bonds. The van der Waals surface area contributed by atoms with Gasteiger partial charge in [-0.3, -0.25) is 14.5 Å². The van der Waals surface area contributed by atoms with Crippen molar-refractivity contribution in [2.45, 2.75) is 6.42 Å². The monoisotopic (exact) mass is 346 g/mol. The molecule has 0 radical (unpaired) electrons. The lowest BCUT2D eigenvalue weighted by atomic mass is 9.76. The van der Waals surface area contributed by atoms with E-state index in [-0.39, 0.29) is 25.0 Å². The van der Waals surface area contributed by atoms with Crippen molar-refractivity contribution in [3.8, 4) is 5.75 Å². The number of nitrogens with zero attached hydrogens (tertiary/aromatic N) is 2. The van der Waals surface area contributed by atoms with Gasteiger partial charge in [-0.25, -0.2) is 0 Å². The summed E-state index contributed by atoms with van der Waals surface area (Å²) < 4.78 is 11.0. The predicted octanol–water partition coefficient (Wildman–Crippen LogP) is 0.835. The van der Waals surface area contributed by atoms with E-state index in [2.05, 4.69) is 0 Å². The fourth-order valence-electron chi connectivity index (χ4n) is 4.22. The smallest absolute Gasteiger partial charge is 0.313 e. The van der Waals surface area contributed by atoms with E-state index >= 15 is 0 Å². The first kappa shape index (κ1) is 16.4. The van der Waals surface area contributed by atoms with Crippen LogP contribution >= 0.6 is 0 Å². The van der Waals surface area contributed by atoms with Crippen LogP contribution in [0.3, 0.4) is 0 Å². The zero-order valence-electron chi connectivity index (χ0n) is 14.0. The summed E-state index contributed by atoms with van der Waals surface area (Å²) in [6.07, 6.45) is 0.734. The molecular weight excluding hydrogens is 324 g/mol. The number of para-hydroxylation sites is 2. The van der Waals surface area contributed by atoms with E-state index in [1.807, 2.05) is 29.2 Å². The van der Waals surface area contributed by atoms with Crippen LogP contribution in [-0.2, 0) is 14.3 Å². The Morgan fingerprint density at radius 2 is 2.12 bits per heavy atom. The third kappa shape index (κ3) is 2.77. The standard InChI is InChI=1S/C18H22N2O5/c21-16(20-6-8-25-15-4-2-1-3-14(15)20)10-19-9-13-5-7-24-12-18(13,11-19)17(22)23/h1-4,13H,5-12H2,(H,22,23)/t13-,18+/m0/s1. The van der Waals surface area contributed by atoms with E-state index in [0.717, 1.165) is 12.1 Å². The molecule has 1 N–H and O–H groups in total. The number of amides is 1. The van der Waals surface area contributed by atoms with Crippen molar-refractivity contribution >= 4 is 17.6 Å². The molecule has 1 aromatic carbocycles. The molecule has 7 nitrogen and oxygen atoms in total. The summed E-state index contributed by atoms with van der Waals surface area (Å²) >= 11 is 0. The van der Waals surface area contributed by atoms with Gasteiger partial charge in [-0.15, -0.1) is 0 Å². The van der Waals surface area contributed by atoms with Gasteiger partial charge in [0.2, 0.25) is 5.91 Å². The zero-order chi connectivity index (χ0) is 17.4. The van der Waals surface area contributed by atoms with E-state index in [1.54, 1.807) is 4.90 Å². The highest BCUT2D eigenvalue weighted by atomic mass is 16.5. The van der Waals surface area contributed by atoms with Crippen LogP contribution in [0.5, 0.6) is 5.75 Å². The van der Waals surface area contributed by atoms with Gasteiger partial charge in [0.15, 0.2) is 0 Å². The van der Waals surface area contributed by atoms with Crippen LogP contribution in [0, 0.1) is 11.3 Å². The molecule has 3 aliphatic heterocycles. The molecule has 0 aromatic heterocycles. The van der Waals surface area contributed by atoms with Crippen molar-refractivity contribution in [1.82, 2.24) is 4.90 Å². The number of likely N-dealkylation sites (tertiary alicyclic amines) is 1. The molecule has 2 saturated heterocycles. The Balaban J connectivity index is 1.48. The molecule has 3 aliphatic rings. The minimum atomic E-state index is -0.874. The van der Waals surface area contributed by atoms with Crippen LogP contribution in [0.15, 0.2) is 24.3 Å². The van der Waals surface area contributed by atoms with Gasteiger partial charge in [0.1, 0.15) is 17.8 Å². The number of aliphatic carboxylic acids is 1. The maximum atomic E-state index is 12.8. The SMILES string of the molecule is O=C(CN1C[C@@H]2CCOC[C@]2(C(=O)O)C1)N1CCOc2ccccc21. The van der Waals surface area contributed by atoms with Crippen LogP contribution < -0.4 is 9.64 Å². The normalized spacial score (nSPS) is 28.8. The van der Waals surface area contributed by atoms with Gasteiger partial charge in [-0.1, -0.05) is 12.1 Å². The van der Waals surface area contributed by atoms with Crippen molar-refractivity contribution in [3.05, 3.63) is 24.3 Å². The van der Waals surface area contributed by atoms with E-state index in [0.29, 0.717) is 38.6 Å². The largest absolute Gasteiger partial charge is 0.490 e. The summed E-state index contributed by atoms with van der Waals surface area (Å²) in [5, 5.41) is 9.71. The number of fused-ring (bicyclic) bond motifs is 2. The van der Waals surface area contributed by atoms with Gasteiger partial charge in [0.05, 0.1) is 25.4 Å². The molecule has 0 unspecified atom stereocenters. The van der Waals surface area contributed by atoms with E-state index in [9.17, 15) is 14.7 Å². The topological polar surface area (TPSA) is 79.3 Å². The molecule has 2 fully saturated rings. The highest BCUT2D eigenvalue weighted by molar-refractivity contribution is 5.96. The lowest BCUT2D eigenvalue weighted by molar-refractivity contribution is -0.159. The number of carbonyl (C=O) groups excluding carboxylic acids is 1. The third-order valence-electron chi connectivity index (χ3n) is 5.55. The summed E-state index contributed by atoms with van der Waals surface area (Å²) in [6.45, 7) is 3.03. The highest BCUT2D eigenvalue weighted by Gasteiger charge is 2.54. The second kappa shape index (κ2) is 6.31. The number of rotatable bonds is 3. The summed E-state index contributed by atoms with van der Waals surface area (Å²) in [6, 6.07) is 7.50. The van der Waals surface area contributed by atoms with Gasteiger partial charge in [-0.05, 0) is 24.5 Å². The second-order valence-electron chi connectivity index (χ2n) is 7.03. The molecule has 1 aromatic rings. The number of carboxylic acid groups (broad SMARTS) is 1. The molecule has 0 saturated carbocycles. The van der Waals surface area contributed by atoms with Gasteiger partial charge < -0.3 is 19.5 Å². The lowest BCUT2D eigenvalue weighted by Crippen LogP contribution is -2.47. The van der Waals surface area contributed by atoms with Crippen LogP contribution in [0.4, 0.5) is 5.69 Å². The number of carboxylic acids is 1. The molecule has 134 valence electrons. The Kier molecular flexibility index (Phi) is 4.13. The van der Waals surface area contributed by atoms with E-state index in [4.69, 9.17) is 9.47 Å².